The summed E-state index contributed by atoms with van der Waals surface area (Å²) in [6, 6.07) is 15.4. The van der Waals surface area contributed by atoms with Gasteiger partial charge in [0.2, 0.25) is 0 Å². The SMILES string of the molecule is O=c1cc(CN2Cc3ccccc3C3(CCC3)C2)c2ccc(O)cc2o1. The molecule has 1 fully saturated rings. The van der Waals surface area contributed by atoms with Gasteiger partial charge in [0.15, 0.2) is 0 Å². The maximum atomic E-state index is 12.0. The number of nitrogens with zero attached hydrogens (tertiary/aromatic N) is 1. The van der Waals surface area contributed by atoms with Gasteiger partial charge in [0.1, 0.15) is 11.3 Å². The Bertz CT molecular complexity index is 1050. The summed E-state index contributed by atoms with van der Waals surface area (Å²) in [6.07, 6.45) is 3.78. The van der Waals surface area contributed by atoms with Crippen LogP contribution in [0.1, 0.15) is 36.0 Å². The Labute approximate surface area is 151 Å². The molecule has 1 aliphatic heterocycles. The highest BCUT2D eigenvalue weighted by Crippen LogP contribution is 2.48. The lowest BCUT2D eigenvalue weighted by molar-refractivity contribution is 0.108. The van der Waals surface area contributed by atoms with Crippen molar-refractivity contribution in [1.29, 1.82) is 0 Å². The quantitative estimate of drug-likeness (QED) is 0.714. The van der Waals surface area contributed by atoms with Crippen LogP contribution in [0.5, 0.6) is 5.75 Å². The Balaban J connectivity index is 1.53. The standard InChI is InChI=1S/C22H21NO3/c24-17-6-7-18-16(10-21(25)26-20(18)11-17)13-23-12-15-4-1-2-5-19(15)22(14-23)8-3-9-22/h1-2,4-7,10-11,24H,3,8-9,12-14H2. The average molecular weight is 347 g/mol. The topological polar surface area (TPSA) is 53.7 Å². The van der Waals surface area contributed by atoms with Crippen LogP contribution < -0.4 is 5.63 Å². The third-order valence-electron chi connectivity index (χ3n) is 6.03. The molecular weight excluding hydrogens is 326 g/mol. The zero-order valence-electron chi connectivity index (χ0n) is 14.6. The van der Waals surface area contributed by atoms with Crippen molar-refractivity contribution in [2.75, 3.05) is 6.54 Å². The van der Waals surface area contributed by atoms with Gasteiger partial charge < -0.3 is 9.52 Å². The molecule has 2 heterocycles. The maximum Gasteiger partial charge on any atom is 0.336 e. The second-order valence-corrected chi connectivity index (χ2v) is 7.71. The van der Waals surface area contributed by atoms with Crippen LogP contribution >= 0.6 is 0 Å². The zero-order chi connectivity index (χ0) is 17.7. The van der Waals surface area contributed by atoms with Crippen LogP contribution in [0.15, 0.2) is 57.7 Å². The molecule has 4 heteroatoms. The first-order valence-corrected chi connectivity index (χ1v) is 9.20. The van der Waals surface area contributed by atoms with E-state index in [1.165, 1.54) is 36.5 Å². The van der Waals surface area contributed by atoms with Crippen LogP contribution in [0.3, 0.4) is 0 Å². The Morgan fingerprint density at radius 1 is 1.12 bits per heavy atom. The molecular formula is C22H21NO3. The van der Waals surface area contributed by atoms with Crippen LogP contribution in [0.25, 0.3) is 11.0 Å². The van der Waals surface area contributed by atoms with Crippen molar-refractivity contribution < 1.29 is 9.52 Å². The van der Waals surface area contributed by atoms with Gasteiger partial charge in [0.25, 0.3) is 0 Å². The van der Waals surface area contributed by atoms with Gasteiger partial charge in [-0.15, -0.1) is 0 Å². The molecule has 1 spiro atoms. The van der Waals surface area contributed by atoms with Gasteiger partial charge in [0.05, 0.1) is 0 Å². The molecule has 1 N–H and O–H groups in total. The Kier molecular flexibility index (Phi) is 3.44. The van der Waals surface area contributed by atoms with E-state index >= 15 is 0 Å². The van der Waals surface area contributed by atoms with Crippen molar-refractivity contribution in [2.45, 2.75) is 37.8 Å². The van der Waals surface area contributed by atoms with E-state index in [9.17, 15) is 9.90 Å². The molecule has 5 rings (SSSR count). The van der Waals surface area contributed by atoms with Crippen molar-refractivity contribution in [3.8, 4) is 5.75 Å². The number of hydrogen-bond donors (Lipinski definition) is 1. The van der Waals surface area contributed by atoms with Gasteiger partial charge in [-0.25, -0.2) is 4.79 Å². The molecule has 2 aromatic carbocycles. The minimum Gasteiger partial charge on any atom is -0.508 e. The fourth-order valence-electron chi connectivity index (χ4n) is 4.72. The van der Waals surface area contributed by atoms with Crippen molar-refractivity contribution in [3.63, 3.8) is 0 Å². The Hall–Kier alpha value is -2.59. The number of fused-ring (bicyclic) bond motifs is 3. The highest BCUT2D eigenvalue weighted by atomic mass is 16.4. The molecule has 132 valence electrons. The molecule has 1 aromatic heterocycles. The molecule has 0 amide bonds. The number of benzene rings is 2. The van der Waals surface area contributed by atoms with Gasteiger partial charge in [-0.2, -0.15) is 0 Å². The maximum absolute atomic E-state index is 12.0. The van der Waals surface area contributed by atoms with E-state index in [0.29, 0.717) is 12.1 Å². The minimum absolute atomic E-state index is 0.109. The fraction of sp³-hybridized carbons (Fsp3) is 0.318. The first-order valence-electron chi connectivity index (χ1n) is 9.20. The molecule has 4 nitrogen and oxygen atoms in total. The fourth-order valence-corrected chi connectivity index (χ4v) is 4.72. The zero-order valence-corrected chi connectivity index (χ0v) is 14.6. The number of phenolic OH excluding ortho intramolecular Hbond substituents is 1. The second kappa shape index (κ2) is 5.71. The van der Waals surface area contributed by atoms with E-state index < -0.39 is 0 Å². The lowest BCUT2D eigenvalue weighted by atomic mass is 9.61. The van der Waals surface area contributed by atoms with E-state index in [2.05, 4.69) is 29.2 Å². The van der Waals surface area contributed by atoms with Gasteiger partial charge in [-0.05, 0) is 41.7 Å². The van der Waals surface area contributed by atoms with E-state index in [4.69, 9.17) is 4.42 Å². The van der Waals surface area contributed by atoms with Gasteiger partial charge >= 0.3 is 5.63 Å². The lowest BCUT2D eigenvalue weighted by Gasteiger charge is -2.50. The first-order chi connectivity index (χ1) is 12.6. The monoisotopic (exact) mass is 347 g/mol. The predicted octanol–water partition coefficient (Wildman–Crippen LogP) is 3.94. The van der Waals surface area contributed by atoms with Crippen molar-refractivity contribution in [2.24, 2.45) is 0 Å². The van der Waals surface area contributed by atoms with E-state index in [0.717, 1.165) is 24.0 Å². The lowest BCUT2D eigenvalue weighted by Crippen LogP contribution is -2.49. The highest BCUT2D eigenvalue weighted by Gasteiger charge is 2.43. The van der Waals surface area contributed by atoms with E-state index in [-0.39, 0.29) is 16.8 Å². The average Bonchev–Trinajstić information content (AvgIpc) is 2.59. The summed E-state index contributed by atoms with van der Waals surface area (Å²) in [5.41, 5.74) is 4.25. The summed E-state index contributed by atoms with van der Waals surface area (Å²) in [6.45, 7) is 2.64. The molecule has 3 aromatic rings. The molecule has 2 aliphatic rings. The number of aromatic hydroxyl groups is 1. The minimum atomic E-state index is -0.367. The third-order valence-corrected chi connectivity index (χ3v) is 6.03. The van der Waals surface area contributed by atoms with Crippen LogP contribution in [0, 0.1) is 0 Å². The smallest absolute Gasteiger partial charge is 0.336 e. The summed E-state index contributed by atoms with van der Waals surface area (Å²) in [4.78, 5) is 14.4. The summed E-state index contributed by atoms with van der Waals surface area (Å²) in [7, 11) is 0. The first kappa shape index (κ1) is 15.6. The van der Waals surface area contributed by atoms with Gasteiger partial charge in [-0.1, -0.05) is 30.7 Å². The second-order valence-electron chi connectivity index (χ2n) is 7.71. The Morgan fingerprint density at radius 2 is 1.96 bits per heavy atom. The van der Waals surface area contributed by atoms with Crippen LogP contribution in [-0.2, 0) is 18.5 Å². The largest absolute Gasteiger partial charge is 0.508 e. The summed E-state index contributed by atoms with van der Waals surface area (Å²) >= 11 is 0. The van der Waals surface area contributed by atoms with Crippen LogP contribution in [0.4, 0.5) is 0 Å². The van der Waals surface area contributed by atoms with Crippen LogP contribution in [-0.4, -0.2) is 16.6 Å². The molecule has 1 aliphatic carbocycles. The molecule has 1 saturated carbocycles. The summed E-state index contributed by atoms with van der Waals surface area (Å²) in [5, 5.41) is 10.6. The van der Waals surface area contributed by atoms with Gasteiger partial charge in [-0.3, -0.25) is 4.90 Å². The number of hydrogen-bond acceptors (Lipinski definition) is 4. The third kappa shape index (κ3) is 2.44. The summed E-state index contributed by atoms with van der Waals surface area (Å²) < 4.78 is 5.27. The van der Waals surface area contributed by atoms with E-state index in [1.807, 2.05) is 6.07 Å². The highest BCUT2D eigenvalue weighted by molar-refractivity contribution is 5.81. The molecule has 0 unspecified atom stereocenters. The predicted molar refractivity (Wildman–Crippen MR) is 100 cm³/mol. The van der Waals surface area contributed by atoms with E-state index in [1.54, 1.807) is 12.1 Å². The molecule has 0 atom stereocenters. The molecule has 26 heavy (non-hydrogen) atoms. The van der Waals surface area contributed by atoms with Crippen molar-refractivity contribution in [1.82, 2.24) is 4.90 Å². The summed E-state index contributed by atoms with van der Waals surface area (Å²) in [5.74, 6) is 0.109. The molecule has 0 saturated heterocycles. The molecule has 0 radical (unpaired) electrons. The molecule has 0 bridgehead atoms. The normalized spacial score (nSPS) is 18.6. The van der Waals surface area contributed by atoms with Crippen LogP contribution in [0.2, 0.25) is 0 Å². The Morgan fingerprint density at radius 3 is 2.77 bits per heavy atom. The van der Waals surface area contributed by atoms with Gasteiger partial charge in [0, 0.05) is 42.6 Å². The number of phenols is 1. The van der Waals surface area contributed by atoms with Crippen molar-refractivity contribution >= 4 is 11.0 Å². The van der Waals surface area contributed by atoms with Crippen molar-refractivity contribution in [3.05, 3.63) is 75.6 Å². The number of rotatable bonds is 2.